The molecule has 122 valence electrons. The summed E-state index contributed by atoms with van der Waals surface area (Å²) in [5.74, 6) is 0.436. The van der Waals surface area contributed by atoms with Crippen molar-refractivity contribution in [2.45, 2.75) is 57.7 Å². The normalized spacial score (nSPS) is 25.9. The minimum atomic E-state index is -0.0224. The van der Waals surface area contributed by atoms with E-state index in [1.807, 2.05) is 6.92 Å². The van der Waals surface area contributed by atoms with E-state index in [9.17, 15) is 4.79 Å². The Labute approximate surface area is 131 Å². The number of hydrogen-bond acceptors (Lipinski definition) is 4. The summed E-state index contributed by atoms with van der Waals surface area (Å²) in [6, 6.07) is 0.485. The maximum absolute atomic E-state index is 12.7. The third kappa shape index (κ3) is 2.90. The number of carbonyl (C=O) groups excluding carboxylic acids is 1. The van der Waals surface area contributed by atoms with E-state index in [0.29, 0.717) is 12.0 Å². The highest BCUT2D eigenvalue weighted by atomic mass is 16.5. The van der Waals surface area contributed by atoms with Gasteiger partial charge in [0.15, 0.2) is 0 Å². The van der Waals surface area contributed by atoms with Crippen molar-refractivity contribution in [2.24, 2.45) is 0 Å². The molecule has 0 radical (unpaired) electrons. The summed E-state index contributed by atoms with van der Waals surface area (Å²) in [5, 5.41) is 10.5. The molecule has 1 saturated heterocycles. The Bertz CT molecular complexity index is 550. The minimum Gasteiger partial charge on any atom is -0.378 e. The highest BCUT2D eigenvalue weighted by molar-refractivity contribution is 5.97. The van der Waals surface area contributed by atoms with Crippen molar-refractivity contribution in [1.29, 1.82) is 0 Å². The molecule has 2 aliphatic rings. The summed E-state index contributed by atoms with van der Waals surface area (Å²) in [5.41, 5.74) is 2.52. The summed E-state index contributed by atoms with van der Waals surface area (Å²) >= 11 is 0. The van der Waals surface area contributed by atoms with Crippen molar-refractivity contribution in [3.63, 3.8) is 0 Å². The van der Waals surface area contributed by atoms with E-state index in [2.05, 4.69) is 34.3 Å². The van der Waals surface area contributed by atoms with E-state index in [-0.39, 0.29) is 18.1 Å². The maximum Gasteiger partial charge on any atom is 0.255 e. The topological polar surface area (TPSA) is 70.2 Å². The number of nitrogens with zero attached hydrogens (tertiary/aromatic N) is 2. The van der Waals surface area contributed by atoms with Crippen molar-refractivity contribution in [3.05, 3.63) is 17.0 Å². The quantitative estimate of drug-likeness (QED) is 0.863. The average Bonchev–Trinajstić information content (AvgIpc) is 3.12. The van der Waals surface area contributed by atoms with Gasteiger partial charge < -0.3 is 10.1 Å². The summed E-state index contributed by atoms with van der Waals surface area (Å²) in [6.07, 6.45) is 2.31. The molecule has 1 amide bonds. The fourth-order valence-electron chi connectivity index (χ4n) is 3.23. The number of aromatic amines is 1. The van der Waals surface area contributed by atoms with Crippen molar-refractivity contribution in [1.82, 2.24) is 20.4 Å². The first-order chi connectivity index (χ1) is 10.5. The molecule has 1 aliphatic heterocycles. The van der Waals surface area contributed by atoms with Gasteiger partial charge in [-0.25, -0.2) is 0 Å². The van der Waals surface area contributed by atoms with Gasteiger partial charge in [-0.15, -0.1) is 0 Å². The summed E-state index contributed by atoms with van der Waals surface area (Å²) in [7, 11) is 1.71. The van der Waals surface area contributed by atoms with Gasteiger partial charge in [-0.2, -0.15) is 5.10 Å². The van der Waals surface area contributed by atoms with Crippen LogP contribution in [0.2, 0.25) is 0 Å². The van der Waals surface area contributed by atoms with Crippen LogP contribution in [0, 0.1) is 6.92 Å². The lowest BCUT2D eigenvalue weighted by Crippen LogP contribution is -2.44. The number of rotatable bonds is 5. The molecule has 0 spiro atoms. The number of ether oxygens (including phenoxy) is 1. The van der Waals surface area contributed by atoms with Crippen LogP contribution in [-0.4, -0.2) is 59.4 Å². The zero-order valence-electron chi connectivity index (χ0n) is 13.8. The van der Waals surface area contributed by atoms with E-state index in [1.54, 1.807) is 7.11 Å². The molecule has 1 aromatic heterocycles. The number of carbonyl (C=O) groups is 1. The fraction of sp³-hybridized carbons (Fsp3) is 0.750. The van der Waals surface area contributed by atoms with Crippen LogP contribution in [0.15, 0.2) is 0 Å². The molecule has 1 saturated carbocycles. The Morgan fingerprint density at radius 3 is 2.73 bits per heavy atom. The SMILES string of the molecule is CO[C@H]1CN(C(C)C)C[C@@H]1NC(=O)c1c(C2CC2)n[nH]c1C. The molecule has 1 aromatic rings. The highest BCUT2D eigenvalue weighted by Gasteiger charge is 2.37. The van der Waals surface area contributed by atoms with Crippen LogP contribution < -0.4 is 5.32 Å². The van der Waals surface area contributed by atoms with Crippen LogP contribution in [0.5, 0.6) is 0 Å². The Morgan fingerprint density at radius 1 is 1.41 bits per heavy atom. The molecule has 6 nitrogen and oxygen atoms in total. The van der Waals surface area contributed by atoms with Crippen molar-refractivity contribution >= 4 is 5.91 Å². The van der Waals surface area contributed by atoms with Gasteiger partial charge in [-0.1, -0.05) is 0 Å². The van der Waals surface area contributed by atoms with Gasteiger partial charge in [0.05, 0.1) is 23.4 Å². The Kier molecular flexibility index (Phi) is 4.23. The Morgan fingerprint density at radius 2 is 2.14 bits per heavy atom. The second kappa shape index (κ2) is 6.01. The lowest BCUT2D eigenvalue weighted by Gasteiger charge is -2.20. The Balaban J connectivity index is 1.72. The molecular formula is C16H26N4O2. The van der Waals surface area contributed by atoms with Crippen molar-refractivity contribution in [2.75, 3.05) is 20.2 Å². The van der Waals surface area contributed by atoms with Gasteiger partial charge in [0.1, 0.15) is 0 Å². The largest absolute Gasteiger partial charge is 0.378 e. The fourth-order valence-corrected chi connectivity index (χ4v) is 3.23. The van der Waals surface area contributed by atoms with Gasteiger partial charge in [0.25, 0.3) is 5.91 Å². The molecule has 2 heterocycles. The molecule has 0 unspecified atom stereocenters. The standard InChI is InChI=1S/C16H26N4O2/c1-9(2)20-7-12(13(8-20)22-4)17-16(21)14-10(3)18-19-15(14)11-5-6-11/h9,11-13H,5-8H2,1-4H3,(H,17,21)(H,18,19)/t12-,13-/m0/s1. The first-order valence-electron chi connectivity index (χ1n) is 8.13. The first kappa shape index (κ1) is 15.5. The molecule has 0 aromatic carbocycles. The lowest BCUT2D eigenvalue weighted by atomic mass is 10.1. The molecular weight excluding hydrogens is 280 g/mol. The lowest BCUT2D eigenvalue weighted by molar-refractivity contribution is 0.0752. The number of aromatic nitrogens is 2. The number of likely N-dealkylation sites (tertiary alicyclic amines) is 1. The predicted octanol–water partition coefficient (Wildman–Crippen LogP) is 1.43. The second-order valence-corrected chi connectivity index (χ2v) is 6.78. The van der Waals surface area contributed by atoms with Gasteiger partial charge in [0, 0.05) is 37.9 Å². The predicted molar refractivity (Wildman–Crippen MR) is 84.1 cm³/mol. The third-order valence-corrected chi connectivity index (χ3v) is 4.81. The number of amides is 1. The van der Waals surface area contributed by atoms with Crippen LogP contribution in [0.4, 0.5) is 0 Å². The third-order valence-electron chi connectivity index (χ3n) is 4.81. The van der Waals surface area contributed by atoms with Gasteiger partial charge >= 0.3 is 0 Å². The Hall–Kier alpha value is -1.40. The molecule has 22 heavy (non-hydrogen) atoms. The van der Waals surface area contributed by atoms with Crippen LogP contribution in [0.1, 0.15) is 54.4 Å². The van der Waals surface area contributed by atoms with E-state index in [0.717, 1.165) is 42.9 Å². The molecule has 0 bridgehead atoms. The number of aryl methyl sites for hydroxylation is 1. The molecule has 2 fully saturated rings. The number of hydrogen-bond donors (Lipinski definition) is 2. The van der Waals surface area contributed by atoms with E-state index in [4.69, 9.17) is 4.74 Å². The minimum absolute atomic E-state index is 0.0224. The number of methoxy groups -OCH3 is 1. The maximum atomic E-state index is 12.7. The number of H-pyrrole nitrogens is 1. The summed E-state index contributed by atoms with van der Waals surface area (Å²) in [4.78, 5) is 15.1. The van der Waals surface area contributed by atoms with Crippen LogP contribution in [0.3, 0.4) is 0 Å². The van der Waals surface area contributed by atoms with E-state index < -0.39 is 0 Å². The van der Waals surface area contributed by atoms with Crippen molar-refractivity contribution in [3.8, 4) is 0 Å². The molecule has 1 aliphatic carbocycles. The van der Waals surface area contributed by atoms with E-state index >= 15 is 0 Å². The highest BCUT2D eigenvalue weighted by Crippen LogP contribution is 2.41. The monoisotopic (exact) mass is 306 g/mol. The molecule has 2 N–H and O–H groups in total. The van der Waals surface area contributed by atoms with E-state index in [1.165, 1.54) is 0 Å². The molecule has 6 heteroatoms. The zero-order valence-corrected chi connectivity index (χ0v) is 13.8. The van der Waals surface area contributed by atoms with Crippen LogP contribution in [-0.2, 0) is 4.74 Å². The molecule has 2 atom stereocenters. The van der Waals surface area contributed by atoms with Gasteiger partial charge in [-0.05, 0) is 33.6 Å². The average molecular weight is 306 g/mol. The van der Waals surface area contributed by atoms with Crippen LogP contribution in [0.25, 0.3) is 0 Å². The molecule has 3 rings (SSSR count). The van der Waals surface area contributed by atoms with Crippen LogP contribution >= 0.6 is 0 Å². The first-order valence-corrected chi connectivity index (χ1v) is 8.13. The summed E-state index contributed by atoms with van der Waals surface area (Å²) < 4.78 is 5.56. The smallest absolute Gasteiger partial charge is 0.255 e. The second-order valence-electron chi connectivity index (χ2n) is 6.78. The van der Waals surface area contributed by atoms with Gasteiger partial charge in [-0.3, -0.25) is 14.8 Å². The number of nitrogens with one attached hydrogen (secondary N) is 2. The summed E-state index contributed by atoms with van der Waals surface area (Å²) in [6.45, 7) is 7.94. The van der Waals surface area contributed by atoms with Gasteiger partial charge in [0.2, 0.25) is 0 Å². The zero-order chi connectivity index (χ0) is 15.9. The van der Waals surface area contributed by atoms with Crippen molar-refractivity contribution < 1.29 is 9.53 Å².